The van der Waals surface area contributed by atoms with Crippen molar-refractivity contribution in [2.45, 2.75) is 44.2 Å². The molecule has 24 heavy (non-hydrogen) atoms. The van der Waals surface area contributed by atoms with E-state index < -0.39 is 0 Å². The number of carbonyl (C=O) groups is 1. The Balaban J connectivity index is 0.00000169. The molecule has 2 aliphatic heterocycles. The number of benzene rings is 1. The van der Waals surface area contributed by atoms with Crippen molar-refractivity contribution < 1.29 is 9.53 Å². The molecule has 132 valence electrons. The third kappa shape index (κ3) is 3.98. The van der Waals surface area contributed by atoms with Gasteiger partial charge in [-0.25, -0.2) is 0 Å². The molecule has 2 heterocycles. The maximum absolute atomic E-state index is 12.7. The summed E-state index contributed by atoms with van der Waals surface area (Å²) >= 11 is 6.01. The lowest BCUT2D eigenvalue weighted by Crippen LogP contribution is -2.49. The zero-order chi connectivity index (χ0) is 15.8. The Morgan fingerprint density at radius 3 is 2.71 bits per heavy atom. The van der Waals surface area contributed by atoms with Gasteiger partial charge in [0.25, 0.3) is 5.91 Å². The second kappa shape index (κ2) is 7.51. The van der Waals surface area contributed by atoms with E-state index in [1.54, 1.807) is 0 Å². The van der Waals surface area contributed by atoms with E-state index in [-0.39, 0.29) is 24.4 Å². The Morgan fingerprint density at radius 1 is 1.25 bits per heavy atom. The highest BCUT2D eigenvalue weighted by Crippen LogP contribution is 2.32. The zero-order valence-electron chi connectivity index (χ0n) is 13.7. The summed E-state index contributed by atoms with van der Waals surface area (Å²) in [7, 11) is 0. The average molecular weight is 371 g/mol. The molecule has 1 atom stereocenters. The van der Waals surface area contributed by atoms with Crippen LogP contribution in [0.5, 0.6) is 5.75 Å². The molecular weight excluding hydrogens is 347 g/mol. The number of ether oxygens (including phenoxy) is 1. The number of hydrogen-bond donors (Lipinski definition) is 1. The van der Waals surface area contributed by atoms with Gasteiger partial charge in [-0.3, -0.25) is 4.79 Å². The minimum Gasteiger partial charge on any atom is -0.480 e. The summed E-state index contributed by atoms with van der Waals surface area (Å²) < 4.78 is 5.83. The third-order valence-corrected chi connectivity index (χ3v) is 5.41. The first-order valence-corrected chi connectivity index (χ1v) is 9.04. The minimum absolute atomic E-state index is 0. The molecule has 1 aromatic rings. The molecule has 4 rings (SSSR count). The first-order chi connectivity index (χ1) is 11.2. The van der Waals surface area contributed by atoms with Crippen LogP contribution in [0.3, 0.4) is 0 Å². The normalized spacial score (nSPS) is 23.4. The van der Waals surface area contributed by atoms with Crippen molar-refractivity contribution in [1.82, 2.24) is 10.2 Å². The fourth-order valence-electron chi connectivity index (χ4n) is 3.52. The molecule has 0 radical (unpaired) electrons. The highest BCUT2D eigenvalue weighted by atomic mass is 35.5. The lowest BCUT2D eigenvalue weighted by atomic mass is 10.0. The van der Waals surface area contributed by atoms with Crippen LogP contribution >= 0.6 is 24.0 Å². The predicted molar refractivity (Wildman–Crippen MR) is 97.1 cm³/mol. The Morgan fingerprint density at radius 2 is 2.00 bits per heavy atom. The van der Waals surface area contributed by atoms with Gasteiger partial charge in [-0.15, -0.1) is 12.4 Å². The zero-order valence-corrected chi connectivity index (χ0v) is 15.2. The van der Waals surface area contributed by atoms with Crippen molar-refractivity contribution in [3.8, 4) is 5.75 Å². The van der Waals surface area contributed by atoms with Crippen LogP contribution in [0, 0.1) is 5.92 Å². The van der Waals surface area contributed by atoms with E-state index >= 15 is 0 Å². The van der Waals surface area contributed by atoms with Crippen LogP contribution < -0.4 is 10.1 Å². The van der Waals surface area contributed by atoms with E-state index in [4.69, 9.17) is 16.3 Å². The number of halogens is 2. The highest BCUT2D eigenvalue weighted by molar-refractivity contribution is 6.30. The van der Waals surface area contributed by atoms with Gasteiger partial charge >= 0.3 is 0 Å². The fraction of sp³-hybridized carbons (Fsp3) is 0.611. The number of piperidine rings is 1. The van der Waals surface area contributed by atoms with Gasteiger partial charge in [-0.2, -0.15) is 0 Å². The number of nitrogens with zero attached hydrogens (tertiary/aromatic N) is 1. The first kappa shape index (κ1) is 17.8. The second-order valence-corrected chi connectivity index (χ2v) is 7.45. The van der Waals surface area contributed by atoms with Crippen molar-refractivity contribution in [3.05, 3.63) is 28.8 Å². The molecule has 1 aliphatic carbocycles. The lowest BCUT2D eigenvalue weighted by molar-refractivity contribution is -0.139. The largest absolute Gasteiger partial charge is 0.480 e. The maximum Gasteiger partial charge on any atom is 0.263 e. The Hall–Kier alpha value is -0.970. The number of hydrogen-bond acceptors (Lipinski definition) is 3. The van der Waals surface area contributed by atoms with E-state index in [0.29, 0.717) is 17.5 Å². The lowest BCUT2D eigenvalue weighted by Gasteiger charge is -2.33. The van der Waals surface area contributed by atoms with Crippen LogP contribution in [0.4, 0.5) is 0 Å². The van der Waals surface area contributed by atoms with E-state index in [2.05, 4.69) is 5.32 Å². The molecule has 3 aliphatic rings. The van der Waals surface area contributed by atoms with Crippen molar-refractivity contribution in [1.29, 1.82) is 0 Å². The van der Waals surface area contributed by atoms with Gasteiger partial charge in [-0.1, -0.05) is 11.6 Å². The van der Waals surface area contributed by atoms with Crippen LogP contribution in [0.1, 0.15) is 31.2 Å². The van der Waals surface area contributed by atoms with Crippen molar-refractivity contribution >= 4 is 29.9 Å². The average Bonchev–Trinajstić information content (AvgIpc) is 3.30. The number of amides is 1. The predicted octanol–water partition coefficient (Wildman–Crippen LogP) is 3.06. The van der Waals surface area contributed by atoms with Crippen molar-refractivity contribution in [3.63, 3.8) is 0 Å². The Bertz CT molecular complexity index is 599. The van der Waals surface area contributed by atoms with Gasteiger partial charge in [0, 0.05) is 30.6 Å². The van der Waals surface area contributed by atoms with E-state index in [9.17, 15) is 4.79 Å². The highest BCUT2D eigenvalue weighted by Gasteiger charge is 2.34. The van der Waals surface area contributed by atoms with Gasteiger partial charge in [0.05, 0.1) is 0 Å². The smallest absolute Gasteiger partial charge is 0.263 e. The SMILES string of the molecule is Cl.O=C(C1Cc2cc(Cl)ccc2O1)N1CCC(NCC2CC2)CC1. The van der Waals surface area contributed by atoms with Crippen LogP contribution in [0.25, 0.3) is 0 Å². The maximum atomic E-state index is 12.7. The van der Waals surface area contributed by atoms with Crippen molar-refractivity contribution in [2.75, 3.05) is 19.6 Å². The standard InChI is InChI=1S/C18H23ClN2O2.ClH/c19-14-3-4-16-13(9-14)10-17(23-16)18(22)21-7-5-15(6-8-21)20-11-12-1-2-12;/h3-4,9,12,15,17,20H,1-2,5-8,10-11H2;1H. The molecule has 2 fully saturated rings. The molecule has 1 unspecified atom stereocenters. The van der Waals surface area contributed by atoms with Crippen LogP contribution in [0.2, 0.25) is 5.02 Å². The first-order valence-electron chi connectivity index (χ1n) is 8.66. The van der Waals surface area contributed by atoms with E-state index in [0.717, 1.165) is 49.7 Å². The fourth-order valence-corrected chi connectivity index (χ4v) is 3.71. The summed E-state index contributed by atoms with van der Waals surface area (Å²) in [6.45, 7) is 2.82. The Kier molecular flexibility index (Phi) is 5.58. The molecular formula is C18H24Cl2N2O2. The molecule has 1 aromatic carbocycles. The summed E-state index contributed by atoms with van der Waals surface area (Å²) in [5.41, 5.74) is 1.04. The van der Waals surface area contributed by atoms with E-state index in [1.807, 2.05) is 23.1 Å². The molecule has 1 N–H and O–H groups in total. The van der Waals surface area contributed by atoms with Crippen LogP contribution in [0.15, 0.2) is 18.2 Å². The van der Waals surface area contributed by atoms with Gasteiger partial charge in [0.15, 0.2) is 6.10 Å². The summed E-state index contributed by atoms with van der Waals surface area (Å²) in [6.07, 6.45) is 5.11. The third-order valence-electron chi connectivity index (χ3n) is 5.17. The molecule has 0 spiro atoms. The Labute approximate surface area is 154 Å². The molecule has 6 heteroatoms. The van der Waals surface area contributed by atoms with Gasteiger partial charge in [0.2, 0.25) is 0 Å². The summed E-state index contributed by atoms with van der Waals surface area (Å²) in [4.78, 5) is 14.6. The topological polar surface area (TPSA) is 41.6 Å². The van der Waals surface area contributed by atoms with Gasteiger partial charge in [-0.05, 0) is 61.9 Å². The number of rotatable bonds is 4. The molecule has 1 amide bonds. The van der Waals surface area contributed by atoms with E-state index in [1.165, 1.54) is 12.8 Å². The molecule has 4 nitrogen and oxygen atoms in total. The summed E-state index contributed by atoms with van der Waals surface area (Å²) in [6, 6.07) is 6.14. The van der Waals surface area contributed by atoms with Crippen molar-refractivity contribution in [2.24, 2.45) is 5.92 Å². The number of fused-ring (bicyclic) bond motifs is 1. The molecule has 1 saturated heterocycles. The summed E-state index contributed by atoms with van der Waals surface area (Å²) in [5, 5.41) is 4.35. The number of nitrogens with one attached hydrogen (secondary N) is 1. The quantitative estimate of drug-likeness (QED) is 0.885. The summed E-state index contributed by atoms with van der Waals surface area (Å²) in [5.74, 6) is 1.83. The van der Waals surface area contributed by atoms with Gasteiger partial charge < -0.3 is 15.0 Å². The minimum atomic E-state index is -0.376. The number of carbonyl (C=O) groups excluding carboxylic acids is 1. The van der Waals surface area contributed by atoms with Gasteiger partial charge in [0.1, 0.15) is 5.75 Å². The molecule has 0 aromatic heterocycles. The monoisotopic (exact) mass is 370 g/mol. The van der Waals surface area contributed by atoms with Crippen LogP contribution in [-0.4, -0.2) is 42.6 Å². The molecule has 0 bridgehead atoms. The second-order valence-electron chi connectivity index (χ2n) is 7.01. The molecule has 1 saturated carbocycles. The van der Waals surface area contributed by atoms with Crippen LogP contribution in [-0.2, 0) is 11.2 Å². The number of likely N-dealkylation sites (tertiary alicyclic amines) is 1.